The largest absolute Gasteiger partial charge is 0.344 e. The normalized spacial score (nSPS) is 27.9. The monoisotopic (exact) mass is 262 g/mol. The molecule has 0 radical (unpaired) electrons. The van der Waals surface area contributed by atoms with E-state index in [0.29, 0.717) is 18.0 Å². The molecule has 2 atom stereocenters. The maximum atomic E-state index is 12.8. The van der Waals surface area contributed by atoms with E-state index in [2.05, 4.69) is 5.32 Å². The van der Waals surface area contributed by atoms with Crippen LogP contribution in [0, 0.1) is 11.7 Å². The van der Waals surface area contributed by atoms with Crippen LogP contribution in [0.4, 0.5) is 4.39 Å². The zero-order chi connectivity index (χ0) is 13.6. The molecule has 4 nitrogen and oxygen atoms in total. The fourth-order valence-electron chi connectivity index (χ4n) is 2.82. The van der Waals surface area contributed by atoms with Crippen molar-refractivity contribution < 1.29 is 14.0 Å². The van der Waals surface area contributed by atoms with Crippen molar-refractivity contribution in [2.75, 3.05) is 13.1 Å². The lowest BCUT2D eigenvalue weighted by Crippen LogP contribution is -2.43. The molecule has 1 aliphatic carbocycles. The number of carbonyl (C=O) groups is 2. The molecule has 100 valence electrons. The predicted molar refractivity (Wildman–Crippen MR) is 67.0 cm³/mol. The fraction of sp³-hybridized carbons (Fsp3) is 0.429. The molecular weight excluding hydrogens is 247 g/mol. The number of nitrogens with one attached hydrogen (secondary N) is 1. The summed E-state index contributed by atoms with van der Waals surface area (Å²) in [6.45, 7) is 2.85. The topological polar surface area (TPSA) is 49.4 Å². The van der Waals surface area contributed by atoms with Crippen LogP contribution < -0.4 is 5.32 Å². The molecule has 0 spiro atoms. The van der Waals surface area contributed by atoms with Crippen LogP contribution in [-0.4, -0.2) is 35.3 Å². The Bertz CT molecular complexity index is 543. The van der Waals surface area contributed by atoms with Crippen LogP contribution in [0.25, 0.3) is 0 Å². The average Bonchev–Trinajstić information content (AvgIpc) is 2.90. The highest BCUT2D eigenvalue weighted by Crippen LogP contribution is 2.49. The van der Waals surface area contributed by atoms with Crippen LogP contribution >= 0.6 is 0 Å². The van der Waals surface area contributed by atoms with Crippen molar-refractivity contribution in [3.8, 4) is 0 Å². The summed E-state index contributed by atoms with van der Waals surface area (Å²) in [5, 5.41) is 2.99. The standard InChI is InChI=1S/C14H15FN2O2/c1-9(18)17-7-11-6-14(11,8-17)16-13(19)10-2-4-12(15)5-3-10/h2-5,11H,6-8H2,1H3,(H,16,19)/t11?,14-/m0/s1. The van der Waals surface area contributed by atoms with Gasteiger partial charge in [0.1, 0.15) is 5.82 Å². The first-order valence-electron chi connectivity index (χ1n) is 6.34. The predicted octanol–water partition coefficient (Wildman–Crippen LogP) is 1.18. The lowest BCUT2D eigenvalue weighted by Gasteiger charge is -2.20. The molecule has 1 N–H and O–H groups in total. The van der Waals surface area contributed by atoms with Gasteiger partial charge in [-0.15, -0.1) is 0 Å². The number of hydrogen-bond donors (Lipinski definition) is 1. The molecule has 1 heterocycles. The summed E-state index contributed by atoms with van der Waals surface area (Å²) in [5.74, 6) is -0.154. The minimum absolute atomic E-state index is 0.0441. The van der Waals surface area contributed by atoms with E-state index in [4.69, 9.17) is 0 Å². The van der Waals surface area contributed by atoms with E-state index < -0.39 is 0 Å². The van der Waals surface area contributed by atoms with Crippen LogP contribution in [0.2, 0.25) is 0 Å². The third-order valence-corrected chi connectivity index (χ3v) is 4.06. The highest BCUT2D eigenvalue weighted by atomic mass is 19.1. The van der Waals surface area contributed by atoms with Crippen LogP contribution in [0.15, 0.2) is 24.3 Å². The van der Waals surface area contributed by atoms with Crippen LogP contribution in [0.1, 0.15) is 23.7 Å². The molecular formula is C14H15FN2O2. The van der Waals surface area contributed by atoms with Gasteiger partial charge in [0.15, 0.2) is 0 Å². The second-order valence-electron chi connectivity index (χ2n) is 5.42. The molecule has 2 aliphatic rings. The van der Waals surface area contributed by atoms with Gasteiger partial charge in [-0.1, -0.05) is 0 Å². The number of rotatable bonds is 2. The molecule has 1 aromatic carbocycles. The zero-order valence-corrected chi connectivity index (χ0v) is 10.6. The van der Waals surface area contributed by atoms with Crippen molar-refractivity contribution in [1.29, 1.82) is 0 Å². The van der Waals surface area contributed by atoms with Crippen molar-refractivity contribution >= 4 is 11.8 Å². The molecule has 2 fully saturated rings. The number of hydrogen-bond acceptors (Lipinski definition) is 2. The van der Waals surface area contributed by atoms with Crippen molar-refractivity contribution in [2.45, 2.75) is 18.9 Å². The first-order chi connectivity index (χ1) is 9.00. The maximum absolute atomic E-state index is 12.8. The van der Waals surface area contributed by atoms with E-state index in [1.807, 2.05) is 0 Å². The summed E-state index contributed by atoms with van der Waals surface area (Å²) in [5.41, 5.74) is 0.194. The van der Waals surface area contributed by atoms with Gasteiger partial charge in [0.25, 0.3) is 5.91 Å². The van der Waals surface area contributed by atoms with Crippen molar-refractivity contribution in [3.63, 3.8) is 0 Å². The molecule has 3 rings (SSSR count). The van der Waals surface area contributed by atoms with Gasteiger partial charge in [0, 0.05) is 31.5 Å². The lowest BCUT2D eigenvalue weighted by molar-refractivity contribution is -0.128. The summed E-state index contributed by atoms with van der Waals surface area (Å²) in [7, 11) is 0. The Kier molecular flexibility index (Phi) is 2.59. The number of nitrogens with zero attached hydrogens (tertiary/aromatic N) is 1. The van der Waals surface area contributed by atoms with E-state index in [1.165, 1.54) is 24.3 Å². The summed E-state index contributed by atoms with van der Waals surface area (Å²) in [4.78, 5) is 25.2. The number of carbonyl (C=O) groups excluding carboxylic acids is 2. The van der Waals surface area contributed by atoms with Gasteiger partial charge in [-0.05, 0) is 30.7 Å². The molecule has 1 aromatic rings. The van der Waals surface area contributed by atoms with Gasteiger partial charge < -0.3 is 10.2 Å². The van der Waals surface area contributed by atoms with Gasteiger partial charge in [-0.25, -0.2) is 4.39 Å². The molecule has 1 saturated heterocycles. The zero-order valence-electron chi connectivity index (χ0n) is 10.6. The number of piperidine rings is 1. The molecule has 1 aliphatic heterocycles. The lowest BCUT2D eigenvalue weighted by atomic mass is 10.1. The van der Waals surface area contributed by atoms with Crippen molar-refractivity contribution in [1.82, 2.24) is 10.2 Å². The SMILES string of the molecule is CC(=O)N1CC2C[C@]2(NC(=O)c2ccc(F)cc2)C1. The molecule has 2 amide bonds. The minimum atomic E-state index is -0.359. The molecule has 5 heteroatoms. The van der Waals surface area contributed by atoms with E-state index in [0.717, 1.165) is 13.0 Å². The highest BCUT2D eigenvalue weighted by molar-refractivity contribution is 5.95. The number of likely N-dealkylation sites (tertiary alicyclic amines) is 1. The third-order valence-electron chi connectivity index (χ3n) is 4.06. The minimum Gasteiger partial charge on any atom is -0.344 e. The number of halogens is 1. The van der Waals surface area contributed by atoms with Crippen molar-refractivity contribution in [2.24, 2.45) is 5.92 Å². The number of fused-ring (bicyclic) bond motifs is 1. The van der Waals surface area contributed by atoms with E-state index in [1.54, 1.807) is 11.8 Å². The Balaban J connectivity index is 1.68. The number of amides is 2. The van der Waals surface area contributed by atoms with E-state index in [9.17, 15) is 14.0 Å². The van der Waals surface area contributed by atoms with Gasteiger partial charge in [-0.2, -0.15) is 0 Å². The summed E-state index contributed by atoms with van der Waals surface area (Å²) >= 11 is 0. The van der Waals surface area contributed by atoms with Crippen LogP contribution in [-0.2, 0) is 4.79 Å². The Hall–Kier alpha value is -1.91. The van der Waals surface area contributed by atoms with Crippen LogP contribution in [0.3, 0.4) is 0 Å². The van der Waals surface area contributed by atoms with Gasteiger partial charge in [0.05, 0.1) is 5.54 Å². The summed E-state index contributed by atoms with van der Waals surface area (Å²) in [6.07, 6.45) is 0.920. The Morgan fingerprint density at radius 1 is 1.37 bits per heavy atom. The van der Waals surface area contributed by atoms with E-state index >= 15 is 0 Å². The molecule has 19 heavy (non-hydrogen) atoms. The maximum Gasteiger partial charge on any atom is 0.251 e. The molecule has 1 saturated carbocycles. The average molecular weight is 262 g/mol. The fourth-order valence-corrected chi connectivity index (χ4v) is 2.82. The van der Waals surface area contributed by atoms with Gasteiger partial charge in [0.2, 0.25) is 5.91 Å². The first-order valence-corrected chi connectivity index (χ1v) is 6.34. The molecule has 0 bridgehead atoms. The number of benzene rings is 1. The molecule has 0 aromatic heterocycles. The highest BCUT2D eigenvalue weighted by Gasteiger charge is 2.61. The van der Waals surface area contributed by atoms with Crippen LogP contribution in [0.5, 0.6) is 0 Å². The Morgan fingerprint density at radius 2 is 2.05 bits per heavy atom. The van der Waals surface area contributed by atoms with Gasteiger partial charge in [-0.3, -0.25) is 9.59 Å². The summed E-state index contributed by atoms with van der Waals surface area (Å²) in [6, 6.07) is 5.48. The Morgan fingerprint density at radius 3 is 2.63 bits per heavy atom. The van der Waals surface area contributed by atoms with Gasteiger partial charge >= 0.3 is 0 Å². The second kappa shape index (κ2) is 4.05. The van der Waals surface area contributed by atoms with E-state index in [-0.39, 0.29) is 23.2 Å². The smallest absolute Gasteiger partial charge is 0.251 e. The molecule has 1 unspecified atom stereocenters. The first kappa shape index (κ1) is 12.1. The second-order valence-corrected chi connectivity index (χ2v) is 5.42. The third kappa shape index (κ3) is 2.09. The van der Waals surface area contributed by atoms with Crippen molar-refractivity contribution in [3.05, 3.63) is 35.6 Å². The quantitative estimate of drug-likeness (QED) is 0.870. The Labute approximate surface area is 110 Å². The summed E-state index contributed by atoms with van der Waals surface area (Å²) < 4.78 is 12.8.